The number of nitrogens with two attached hydrogens (primary N) is 1. The molecule has 1 aliphatic rings. The molecule has 1 aromatic heterocycles. The molecule has 2 aromatic rings. The van der Waals surface area contributed by atoms with Crippen LogP contribution in [-0.2, 0) is 0 Å². The molecule has 2 nitrogen and oxygen atoms in total. The van der Waals surface area contributed by atoms with Crippen LogP contribution in [-0.4, -0.2) is 11.5 Å². The molecule has 1 aliphatic carbocycles. The standard InChI is InChI=1S/C14H16N2/c15-8-10-4-5-12(10)14-3-1-2-11-9-16-7-6-13(11)14/h1-3,6-7,9-10,12H,4-5,8,15H2. The predicted octanol–water partition coefficient (Wildman–Crippen LogP) is 2.69. The van der Waals surface area contributed by atoms with Crippen molar-refractivity contribution in [1.82, 2.24) is 4.98 Å². The zero-order valence-corrected chi connectivity index (χ0v) is 9.26. The first-order valence-corrected chi connectivity index (χ1v) is 5.93. The Labute approximate surface area is 95.5 Å². The summed E-state index contributed by atoms with van der Waals surface area (Å²) < 4.78 is 0. The van der Waals surface area contributed by atoms with Crippen molar-refractivity contribution in [2.75, 3.05) is 6.54 Å². The fraction of sp³-hybridized carbons (Fsp3) is 0.357. The smallest absolute Gasteiger partial charge is 0.0346 e. The van der Waals surface area contributed by atoms with Gasteiger partial charge in [-0.25, -0.2) is 0 Å². The van der Waals surface area contributed by atoms with Crippen LogP contribution in [0.3, 0.4) is 0 Å². The molecule has 82 valence electrons. The normalized spacial score (nSPS) is 24.3. The van der Waals surface area contributed by atoms with E-state index in [0.717, 1.165) is 6.54 Å². The summed E-state index contributed by atoms with van der Waals surface area (Å²) in [4.78, 5) is 4.17. The number of nitrogens with zero attached hydrogens (tertiary/aromatic N) is 1. The number of hydrogen-bond acceptors (Lipinski definition) is 2. The van der Waals surface area contributed by atoms with Gasteiger partial charge in [0.05, 0.1) is 0 Å². The maximum absolute atomic E-state index is 5.79. The second-order valence-corrected chi connectivity index (χ2v) is 4.62. The van der Waals surface area contributed by atoms with Crippen LogP contribution < -0.4 is 5.73 Å². The number of benzene rings is 1. The Kier molecular flexibility index (Phi) is 2.37. The third kappa shape index (κ3) is 1.41. The van der Waals surface area contributed by atoms with E-state index in [4.69, 9.17) is 5.73 Å². The van der Waals surface area contributed by atoms with Gasteiger partial charge in [0.1, 0.15) is 0 Å². The van der Waals surface area contributed by atoms with Crippen molar-refractivity contribution < 1.29 is 0 Å². The van der Waals surface area contributed by atoms with Gasteiger partial charge in [0.15, 0.2) is 0 Å². The first-order chi connectivity index (χ1) is 7.90. The van der Waals surface area contributed by atoms with E-state index in [1.807, 2.05) is 12.4 Å². The summed E-state index contributed by atoms with van der Waals surface area (Å²) in [6.07, 6.45) is 6.38. The molecule has 0 aliphatic heterocycles. The average Bonchev–Trinajstić information content (AvgIpc) is 2.29. The van der Waals surface area contributed by atoms with E-state index in [9.17, 15) is 0 Å². The molecule has 0 amide bonds. The van der Waals surface area contributed by atoms with Crippen LogP contribution in [0.4, 0.5) is 0 Å². The van der Waals surface area contributed by atoms with Gasteiger partial charge in [-0.15, -0.1) is 0 Å². The first kappa shape index (κ1) is 9.79. The maximum atomic E-state index is 5.79. The number of pyridine rings is 1. The zero-order valence-electron chi connectivity index (χ0n) is 9.26. The highest BCUT2D eigenvalue weighted by Gasteiger charge is 2.31. The number of hydrogen-bond donors (Lipinski definition) is 1. The van der Waals surface area contributed by atoms with Gasteiger partial charge < -0.3 is 5.73 Å². The SMILES string of the molecule is NCC1CCC1c1cccc2cnccc12. The monoisotopic (exact) mass is 212 g/mol. The molecule has 2 unspecified atom stereocenters. The van der Waals surface area contributed by atoms with E-state index in [0.29, 0.717) is 11.8 Å². The van der Waals surface area contributed by atoms with Gasteiger partial charge in [-0.3, -0.25) is 4.98 Å². The van der Waals surface area contributed by atoms with Crippen LogP contribution in [0.2, 0.25) is 0 Å². The van der Waals surface area contributed by atoms with E-state index >= 15 is 0 Å². The Balaban J connectivity index is 2.09. The Morgan fingerprint density at radius 1 is 1.25 bits per heavy atom. The van der Waals surface area contributed by atoms with Crippen LogP contribution in [0.25, 0.3) is 10.8 Å². The third-order valence-corrected chi connectivity index (χ3v) is 3.83. The molecular formula is C14H16N2. The molecule has 1 heterocycles. The summed E-state index contributed by atoms with van der Waals surface area (Å²) >= 11 is 0. The van der Waals surface area contributed by atoms with E-state index in [1.165, 1.54) is 29.2 Å². The minimum Gasteiger partial charge on any atom is -0.330 e. The topological polar surface area (TPSA) is 38.9 Å². The highest BCUT2D eigenvalue weighted by molar-refractivity contribution is 5.85. The molecule has 1 saturated carbocycles. The molecule has 1 fully saturated rings. The Hall–Kier alpha value is -1.41. The lowest BCUT2D eigenvalue weighted by Gasteiger charge is -2.36. The van der Waals surface area contributed by atoms with Crippen LogP contribution in [0.15, 0.2) is 36.7 Å². The van der Waals surface area contributed by atoms with Gasteiger partial charge in [0.25, 0.3) is 0 Å². The fourth-order valence-electron chi connectivity index (χ4n) is 2.73. The summed E-state index contributed by atoms with van der Waals surface area (Å²) in [5, 5.41) is 2.59. The Morgan fingerprint density at radius 3 is 2.94 bits per heavy atom. The quantitative estimate of drug-likeness (QED) is 0.831. The van der Waals surface area contributed by atoms with Crippen molar-refractivity contribution in [2.45, 2.75) is 18.8 Å². The number of rotatable bonds is 2. The summed E-state index contributed by atoms with van der Waals surface area (Å²) in [6, 6.07) is 8.62. The second-order valence-electron chi connectivity index (χ2n) is 4.62. The molecule has 1 aromatic carbocycles. The summed E-state index contributed by atoms with van der Waals surface area (Å²) in [5.41, 5.74) is 7.25. The Bertz CT molecular complexity index is 500. The van der Waals surface area contributed by atoms with Gasteiger partial charge in [0.2, 0.25) is 0 Å². The van der Waals surface area contributed by atoms with Gasteiger partial charge >= 0.3 is 0 Å². The summed E-state index contributed by atoms with van der Waals surface area (Å²) in [7, 11) is 0. The van der Waals surface area contributed by atoms with Crippen molar-refractivity contribution in [3.8, 4) is 0 Å². The van der Waals surface area contributed by atoms with Crippen molar-refractivity contribution in [2.24, 2.45) is 11.7 Å². The molecule has 0 radical (unpaired) electrons. The molecule has 16 heavy (non-hydrogen) atoms. The van der Waals surface area contributed by atoms with Crippen molar-refractivity contribution in [3.63, 3.8) is 0 Å². The highest BCUT2D eigenvalue weighted by atomic mass is 14.6. The number of aromatic nitrogens is 1. The van der Waals surface area contributed by atoms with E-state index in [1.54, 1.807) is 0 Å². The van der Waals surface area contributed by atoms with E-state index < -0.39 is 0 Å². The van der Waals surface area contributed by atoms with Crippen molar-refractivity contribution in [3.05, 3.63) is 42.2 Å². The van der Waals surface area contributed by atoms with E-state index in [2.05, 4.69) is 29.2 Å². The predicted molar refractivity (Wildman–Crippen MR) is 66.3 cm³/mol. The van der Waals surface area contributed by atoms with E-state index in [-0.39, 0.29) is 0 Å². The summed E-state index contributed by atoms with van der Waals surface area (Å²) in [6.45, 7) is 0.812. The molecule has 0 spiro atoms. The lowest BCUT2D eigenvalue weighted by molar-refractivity contribution is 0.265. The molecule has 0 bridgehead atoms. The highest BCUT2D eigenvalue weighted by Crippen LogP contribution is 2.43. The van der Waals surface area contributed by atoms with Gasteiger partial charge in [-0.05, 0) is 48.2 Å². The van der Waals surface area contributed by atoms with Gasteiger partial charge in [-0.2, -0.15) is 0 Å². The largest absolute Gasteiger partial charge is 0.330 e. The van der Waals surface area contributed by atoms with Crippen LogP contribution >= 0.6 is 0 Å². The minimum atomic E-state index is 0.663. The molecular weight excluding hydrogens is 196 g/mol. The Morgan fingerprint density at radius 2 is 2.19 bits per heavy atom. The van der Waals surface area contributed by atoms with Gasteiger partial charge in [0, 0.05) is 17.8 Å². The van der Waals surface area contributed by atoms with Crippen molar-refractivity contribution >= 4 is 10.8 Å². The minimum absolute atomic E-state index is 0.663. The van der Waals surface area contributed by atoms with Crippen LogP contribution in [0.5, 0.6) is 0 Å². The molecule has 3 rings (SSSR count). The molecule has 2 atom stereocenters. The lowest BCUT2D eigenvalue weighted by atomic mass is 9.69. The molecule has 2 heteroatoms. The van der Waals surface area contributed by atoms with Gasteiger partial charge in [-0.1, -0.05) is 18.2 Å². The zero-order chi connectivity index (χ0) is 11.0. The fourth-order valence-corrected chi connectivity index (χ4v) is 2.73. The molecule has 0 saturated heterocycles. The molecule has 2 N–H and O–H groups in total. The average molecular weight is 212 g/mol. The summed E-state index contributed by atoms with van der Waals surface area (Å²) in [5.74, 6) is 1.34. The van der Waals surface area contributed by atoms with Crippen molar-refractivity contribution in [1.29, 1.82) is 0 Å². The second kappa shape index (κ2) is 3.87. The van der Waals surface area contributed by atoms with Crippen LogP contribution in [0.1, 0.15) is 24.3 Å². The maximum Gasteiger partial charge on any atom is 0.0346 e. The lowest BCUT2D eigenvalue weighted by Crippen LogP contribution is -2.30. The first-order valence-electron chi connectivity index (χ1n) is 5.93. The third-order valence-electron chi connectivity index (χ3n) is 3.83. The number of fused-ring (bicyclic) bond motifs is 1. The van der Waals surface area contributed by atoms with Crippen LogP contribution in [0, 0.1) is 5.92 Å².